The number of para-hydroxylation sites is 1. The van der Waals surface area contributed by atoms with Crippen LogP contribution in [0.5, 0.6) is 5.75 Å². The quantitative estimate of drug-likeness (QED) is 0.657. The highest BCUT2D eigenvalue weighted by Gasteiger charge is 2.14. The smallest absolute Gasteiger partial charge is 0.267 e. The summed E-state index contributed by atoms with van der Waals surface area (Å²) in [6.45, 7) is 1.57. The molecular weight excluding hydrogens is 299 g/mol. The van der Waals surface area contributed by atoms with Gasteiger partial charge in [0, 0.05) is 11.3 Å². The minimum Gasteiger partial charge on any atom is -0.496 e. The van der Waals surface area contributed by atoms with Crippen LogP contribution in [0.25, 0.3) is 0 Å². The lowest BCUT2D eigenvalue weighted by molar-refractivity contribution is -0.126. The fourth-order valence-corrected chi connectivity index (χ4v) is 1.78. The first kappa shape index (κ1) is 16.5. The lowest BCUT2D eigenvalue weighted by Gasteiger charge is -2.10. The van der Waals surface area contributed by atoms with Gasteiger partial charge in [-0.05, 0) is 43.3 Å². The fourth-order valence-electron chi connectivity index (χ4n) is 1.78. The number of rotatable bonds is 6. The van der Waals surface area contributed by atoms with Gasteiger partial charge < -0.3 is 14.9 Å². The minimum absolute atomic E-state index is 0.367. The van der Waals surface area contributed by atoms with Gasteiger partial charge in [0.1, 0.15) is 11.6 Å². The monoisotopic (exact) mass is 316 g/mol. The third kappa shape index (κ3) is 4.81. The second-order valence-electron chi connectivity index (χ2n) is 4.72. The molecule has 0 fully saturated rings. The number of carbonyl (C=O) groups excluding carboxylic acids is 1. The highest BCUT2D eigenvalue weighted by atomic mass is 19.1. The number of benzene rings is 2. The molecule has 2 aromatic carbocycles. The number of nitrogens with zero attached hydrogens (tertiary/aromatic N) is 1. The lowest BCUT2D eigenvalue weighted by Crippen LogP contribution is -2.26. The summed E-state index contributed by atoms with van der Waals surface area (Å²) < 4.78 is 18.0. The number of hydrogen-bond acceptors (Lipinski definition) is 4. The number of amides is 1. The van der Waals surface area contributed by atoms with Crippen molar-refractivity contribution in [1.29, 1.82) is 0 Å². The van der Waals surface area contributed by atoms with Crippen molar-refractivity contribution >= 4 is 17.8 Å². The van der Waals surface area contributed by atoms with E-state index in [1.807, 2.05) is 18.2 Å². The standard InChI is InChI=1S/C17H17FN2O3/c1-12(17(21)20-15-9-7-14(18)8-10-15)23-19-11-13-5-3-4-6-16(13)22-2/h3-12H,1-2H3,(H,20,21)/b19-11-/t12-/m1/s1. The Hall–Kier alpha value is -2.89. The minimum atomic E-state index is -0.800. The van der Waals surface area contributed by atoms with Crippen molar-refractivity contribution < 1.29 is 18.8 Å². The third-order valence-electron chi connectivity index (χ3n) is 3.03. The summed E-state index contributed by atoms with van der Waals surface area (Å²) in [6, 6.07) is 12.8. The van der Waals surface area contributed by atoms with E-state index in [2.05, 4.69) is 10.5 Å². The number of halogens is 1. The van der Waals surface area contributed by atoms with Crippen LogP contribution in [-0.4, -0.2) is 25.3 Å². The van der Waals surface area contributed by atoms with Crippen molar-refractivity contribution in [3.63, 3.8) is 0 Å². The number of methoxy groups -OCH3 is 1. The number of carbonyl (C=O) groups is 1. The van der Waals surface area contributed by atoms with Crippen LogP contribution in [0.4, 0.5) is 10.1 Å². The van der Waals surface area contributed by atoms with Gasteiger partial charge in [0.2, 0.25) is 6.10 Å². The van der Waals surface area contributed by atoms with Crippen LogP contribution in [0.2, 0.25) is 0 Å². The molecule has 0 aliphatic carbocycles. The summed E-state index contributed by atoms with van der Waals surface area (Å²) >= 11 is 0. The maximum Gasteiger partial charge on any atom is 0.267 e. The summed E-state index contributed by atoms with van der Waals surface area (Å²) in [5.74, 6) is -0.0919. The SMILES string of the molecule is COc1ccccc1/C=N\O[C@H](C)C(=O)Nc1ccc(F)cc1. The summed E-state index contributed by atoms with van der Waals surface area (Å²) in [5, 5.41) is 6.41. The van der Waals surface area contributed by atoms with Gasteiger partial charge in [0.15, 0.2) is 0 Å². The topological polar surface area (TPSA) is 59.9 Å². The molecular formula is C17H17FN2O3. The summed E-state index contributed by atoms with van der Waals surface area (Å²) in [6.07, 6.45) is 0.673. The van der Waals surface area contributed by atoms with E-state index in [1.54, 1.807) is 20.1 Å². The summed E-state index contributed by atoms with van der Waals surface area (Å²) in [4.78, 5) is 17.1. The Kier molecular flexibility index (Phi) is 5.68. The highest BCUT2D eigenvalue weighted by Crippen LogP contribution is 2.15. The lowest BCUT2D eigenvalue weighted by atomic mass is 10.2. The van der Waals surface area contributed by atoms with E-state index in [4.69, 9.17) is 9.57 Å². The van der Waals surface area contributed by atoms with Crippen molar-refractivity contribution in [1.82, 2.24) is 0 Å². The van der Waals surface area contributed by atoms with Crippen LogP contribution in [0, 0.1) is 5.82 Å². The first-order valence-corrected chi connectivity index (χ1v) is 6.99. The fraction of sp³-hybridized carbons (Fsp3) is 0.176. The van der Waals surface area contributed by atoms with Crippen LogP contribution < -0.4 is 10.1 Å². The van der Waals surface area contributed by atoms with Crippen molar-refractivity contribution in [3.05, 3.63) is 59.9 Å². The Morgan fingerprint density at radius 1 is 1.22 bits per heavy atom. The maximum atomic E-state index is 12.8. The van der Waals surface area contributed by atoms with Crippen LogP contribution >= 0.6 is 0 Å². The largest absolute Gasteiger partial charge is 0.496 e. The number of nitrogens with one attached hydrogen (secondary N) is 1. The average Bonchev–Trinajstić information content (AvgIpc) is 2.57. The molecule has 2 rings (SSSR count). The van der Waals surface area contributed by atoms with E-state index >= 15 is 0 Å². The van der Waals surface area contributed by atoms with Gasteiger partial charge in [-0.1, -0.05) is 17.3 Å². The van der Waals surface area contributed by atoms with Gasteiger partial charge in [-0.2, -0.15) is 0 Å². The molecule has 23 heavy (non-hydrogen) atoms. The normalized spacial score (nSPS) is 12.0. The molecule has 0 radical (unpaired) electrons. The molecule has 6 heteroatoms. The predicted molar refractivity (Wildman–Crippen MR) is 86.2 cm³/mol. The molecule has 1 atom stereocenters. The second kappa shape index (κ2) is 7.93. The molecule has 0 saturated heterocycles. The molecule has 1 amide bonds. The Labute approximate surface area is 133 Å². The predicted octanol–water partition coefficient (Wildman–Crippen LogP) is 3.21. The Morgan fingerprint density at radius 2 is 1.91 bits per heavy atom. The zero-order valence-corrected chi connectivity index (χ0v) is 12.8. The van der Waals surface area contributed by atoms with Crippen LogP contribution in [0.15, 0.2) is 53.7 Å². The Morgan fingerprint density at radius 3 is 2.61 bits per heavy atom. The van der Waals surface area contributed by atoms with Gasteiger partial charge in [-0.25, -0.2) is 4.39 Å². The zero-order chi connectivity index (χ0) is 16.7. The molecule has 120 valence electrons. The van der Waals surface area contributed by atoms with Crippen molar-refractivity contribution in [3.8, 4) is 5.75 Å². The maximum absolute atomic E-state index is 12.8. The molecule has 0 aliphatic heterocycles. The number of anilines is 1. The summed E-state index contributed by atoms with van der Waals surface area (Å²) in [5.41, 5.74) is 1.22. The van der Waals surface area contributed by atoms with Crippen molar-refractivity contribution in [2.45, 2.75) is 13.0 Å². The molecule has 0 saturated carbocycles. The molecule has 0 aliphatic rings. The highest BCUT2D eigenvalue weighted by molar-refractivity contribution is 5.94. The molecule has 0 unspecified atom stereocenters. The van der Waals surface area contributed by atoms with E-state index in [-0.39, 0.29) is 11.7 Å². The first-order chi connectivity index (χ1) is 11.1. The van der Waals surface area contributed by atoms with Crippen molar-refractivity contribution in [2.75, 3.05) is 12.4 Å². The second-order valence-corrected chi connectivity index (χ2v) is 4.72. The number of ether oxygens (including phenoxy) is 1. The van der Waals surface area contributed by atoms with Gasteiger partial charge >= 0.3 is 0 Å². The van der Waals surface area contributed by atoms with E-state index in [0.29, 0.717) is 11.4 Å². The molecule has 0 bridgehead atoms. The van der Waals surface area contributed by atoms with E-state index in [1.165, 1.54) is 30.5 Å². The number of oxime groups is 1. The average molecular weight is 316 g/mol. The van der Waals surface area contributed by atoms with Crippen molar-refractivity contribution in [2.24, 2.45) is 5.16 Å². The van der Waals surface area contributed by atoms with E-state index in [9.17, 15) is 9.18 Å². The van der Waals surface area contributed by atoms with Crippen LogP contribution in [0.1, 0.15) is 12.5 Å². The molecule has 0 aromatic heterocycles. The van der Waals surface area contributed by atoms with Gasteiger partial charge in [-0.3, -0.25) is 4.79 Å². The molecule has 0 heterocycles. The first-order valence-electron chi connectivity index (χ1n) is 6.99. The van der Waals surface area contributed by atoms with E-state index in [0.717, 1.165) is 5.56 Å². The van der Waals surface area contributed by atoms with Crippen LogP contribution in [-0.2, 0) is 9.63 Å². The number of hydrogen-bond donors (Lipinski definition) is 1. The van der Waals surface area contributed by atoms with Crippen LogP contribution in [0.3, 0.4) is 0 Å². The molecule has 2 aromatic rings. The molecule has 0 spiro atoms. The zero-order valence-electron chi connectivity index (χ0n) is 12.8. The Balaban J connectivity index is 1.90. The van der Waals surface area contributed by atoms with Gasteiger partial charge in [0.05, 0.1) is 13.3 Å². The molecule has 5 nitrogen and oxygen atoms in total. The third-order valence-corrected chi connectivity index (χ3v) is 3.03. The Bertz CT molecular complexity index is 686. The van der Waals surface area contributed by atoms with Gasteiger partial charge in [-0.15, -0.1) is 0 Å². The molecule has 1 N–H and O–H groups in total. The van der Waals surface area contributed by atoms with Gasteiger partial charge in [0.25, 0.3) is 5.91 Å². The van der Waals surface area contributed by atoms with E-state index < -0.39 is 6.10 Å². The summed E-state index contributed by atoms with van der Waals surface area (Å²) in [7, 11) is 1.56.